The zero-order valence-corrected chi connectivity index (χ0v) is 18.4. The van der Waals surface area contributed by atoms with Gasteiger partial charge in [-0.2, -0.15) is 13.2 Å². The third-order valence-corrected chi connectivity index (χ3v) is 6.13. The van der Waals surface area contributed by atoms with E-state index in [2.05, 4.69) is 15.2 Å². The number of halogens is 3. The SMILES string of the molecule is CC(C)(CNC(=O)CSc1ncc(-c2ccccc2)n1CC(F)(F)F)N1CCOCC1. The lowest BCUT2D eigenvalue weighted by atomic mass is 10.0. The number of thioether (sulfide) groups is 1. The van der Waals surface area contributed by atoms with Gasteiger partial charge >= 0.3 is 6.18 Å². The van der Waals surface area contributed by atoms with Gasteiger partial charge in [0.05, 0.1) is 30.9 Å². The van der Waals surface area contributed by atoms with Crippen molar-refractivity contribution in [3.8, 4) is 11.3 Å². The maximum atomic E-state index is 13.2. The van der Waals surface area contributed by atoms with E-state index < -0.39 is 12.7 Å². The lowest BCUT2D eigenvalue weighted by Crippen LogP contribution is -2.55. The van der Waals surface area contributed by atoms with Crippen LogP contribution in [0, 0.1) is 0 Å². The van der Waals surface area contributed by atoms with Gasteiger partial charge in [-0.15, -0.1) is 0 Å². The monoisotopic (exact) mass is 456 g/mol. The van der Waals surface area contributed by atoms with Gasteiger partial charge in [0.2, 0.25) is 5.91 Å². The van der Waals surface area contributed by atoms with Gasteiger partial charge in [-0.25, -0.2) is 4.98 Å². The van der Waals surface area contributed by atoms with E-state index in [1.54, 1.807) is 30.3 Å². The maximum Gasteiger partial charge on any atom is 0.406 e. The fourth-order valence-corrected chi connectivity index (χ4v) is 4.23. The highest BCUT2D eigenvalue weighted by molar-refractivity contribution is 7.99. The number of hydrogen-bond acceptors (Lipinski definition) is 5. The van der Waals surface area contributed by atoms with Crippen LogP contribution < -0.4 is 5.32 Å². The van der Waals surface area contributed by atoms with E-state index in [1.807, 2.05) is 13.8 Å². The Labute approximate surface area is 184 Å². The van der Waals surface area contributed by atoms with Crippen molar-refractivity contribution < 1.29 is 22.7 Å². The van der Waals surface area contributed by atoms with E-state index in [0.29, 0.717) is 31.0 Å². The Morgan fingerprint density at radius 1 is 1.19 bits per heavy atom. The van der Waals surface area contributed by atoms with Crippen LogP contribution in [0.5, 0.6) is 0 Å². The Morgan fingerprint density at radius 3 is 2.52 bits per heavy atom. The van der Waals surface area contributed by atoms with E-state index >= 15 is 0 Å². The molecule has 1 amide bonds. The number of aromatic nitrogens is 2. The summed E-state index contributed by atoms with van der Waals surface area (Å²) < 4.78 is 46.0. The minimum absolute atomic E-state index is 0.0116. The average Bonchev–Trinajstić information content (AvgIpc) is 3.13. The number of nitrogens with zero attached hydrogens (tertiary/aromatic N) is 3. The highest BCUT2D eigenvalue weighted by atomic mass is 32.2. The van der Waals surface area contributed by atoms with Crippen molar-refractivity contribution >= 4 is 17.7 Å². The zero-order chi connectivity index (χ0) is 22.5. The molecule has 10 heteroatoms. The summed E-state index contributed by atoms with van der Waals surface area (Å²) in [6.07, 6.45) is -2.98. The molecule has 1 aromatic carbocycles. The number of carbonyl (C=O) groups is 1. The van der Waals surface area contributed by atoms with Gasteiger partial charge in [0.25, 0.3) is 0 Å². The third-order valence-electron chi connectivity index (χ3n) is 5.14. The van der Waals surface area contributed by atoms with Gasteiger partial charge in [-0.05, 0) is 19.4 Å². The molecule has 1 aliphatic rings. The number of imidazole rings is 1. The topological polar surface area (TPSA) is 59.4 Å². The Balaban J connectivity index is 1.62. The van der Waals surface area contributed by atoms with Crippen molar-refractivity contribution in [2.45, 2.75) is 37.3 Å². The van der Waals surface area contributed by atoms with Gasteiger partial charge in [0, 0.05) is 25.2 Å². The van der Waals surface area contributed by atoms with E-state index in [4.69, 9.17) is 4.74 Å². The van der Waals surface area contributed by atoms with Gasteiger partial charge in [0.15, 0.2) is 5.16 Å². The van der Waals surface area contributed by atoms with Crippen LogP contribution in [0.2, 0.25) is 0 Å². The molecule has 0 saturated carbocycles. The minimum atomic E-state index is -4.40. The number of nitrogens with one attached hydrogen (secondary N) is 1. The quantitative estimate of drug-likeness (QED) is 0.617. The summed E-state index contributed by atoms with van der Waals surface area (Å²) >= 11 is 1.00. The summed E-state index contributed by atoms with van der Waals surface area (Å²) in [4.78, 5) is 18.8. The van der Waals surface area contributed by atoms with Crippen LogP contribution >= 0.6 is 11.8 Å². The fraction of sp³-hybridized carbons (Fsp3) is 0.524. The summed E-state index contributed by atoms with van der Waals surface area (Å²) in [6, 6.07) is 8.79. The van der Waals surface area contributed by atoms with Crippen molar-refractivity contribution in [3.63, 3.8) is 0 Å². The van der Waals surface area contributed by atoms with Crippen LogP contribution in [-0.2, 0) is 16.1 Å². The molecule has 0 spiro atoms. The first-order valence-corrected chi connectivity index (χ1v) is 11.0. The molecular weight excluding hydrogens is 429 g/mol. The predicted molar refractivity (Wildman–Crippen MR) is 114 cm³/mol. The molecule has 6 nitrogen and oxygen atoms in total. The second-order valence-corrected chi connectivity index (χ2v) is 8.91. The molecule has 1 saturated heterocycles. The van der Waals surface area contributed by atoms with Crippen LogP contribution in [-0.4, -0.2) is 70.7 Å². The van der Waals surface area contributed by atoms with Crippen LogP contribution in [0.4, 0.5) is 13.2 Å². The van der Waals surface area contributed by atoms with Gasteiger partial charge in [-0.3, -0.25) is 9.69 Å². The molecule has 0 atom stereocenters. The van der Waals surface area contributed by atoms with Gasteiger partial charge in [-0.1, -0.05) is 42.1 Å². The minimum Gasteiger partial charge on any atom is -0.379 e. The zero-order valence-electron chi connectivity index (χ0n) is 17.6. The molecule has 3 rings (SSSR count). The Bertz CT molecular complexity index is 865. The summed E-state index contributed by atoms with van der Waals surface area (Å²) in [6.45, 7) is 6.31. The van der Waals surface area contributed by atoms with Crippen LogP contribution in [0.15, 0.2) is 41.7 Å². The van der Waals surface area contributed by atoms with Crippen molar-refractivity contribution in [2.75, 3.05) is 38.6 Å². The molecule has 31 heavy (non-hydrogen) atoms. The van der Waals surface area contributed by atoms with Gasteiger partial charge < -0.3 is 14.6 Å². The summed E-state index contributed by atoms with van der Waals surface area (Å²) in [5.41, 5.74) is 0.774. The molecule has 2 aromatic rings. The molecule has 170 valence electrons. The molecular formula is C21H27F3N4O2S. The number of alkyl halides is 3. The first-order valence-electron chi connectivity index (χ1n) is 10.1. The highest BCUT2D eigenvalue weighted by Gasteiger charge is 2.31. The summed E-state index contributed by atoms with van der Waals surface area (Å²) in [7, 11) is 0. The first-order chi connectivity index (χ1) is 14.7. The Hall–Kier alpha value is -2.04. The normalized spacial score (nSPS) is 15.8. The van der Waals surface area contributed by atoms with Gasteiger partial charge in [0.1, 0.15) is 6.54 Å². The third kappa shape index (κ3) is 6.72. The molecule has 1 fully saturated rings. The number of ether oxygens (including phenoxy) is 1. The Morgan fingerprint density at radius 2 is 1.87 bits per heavy atom. The number of morpholine rings is 1. The summed E-state index contributed by atoms with van der Waals surface area (Å²) in [5.74, 6) is -0.253. The second-order valence-electron chi connectivity index (χ2n) is 7.97. The first kappa shape index (κ1) is 23.6. The number of carbonyl (C=O) groups excluding carboxylic acids is 1. The molecule has 2 heterocycles. The van der Waals surface area contributed by atoms with Crippen molar-refractivity contribution in [2.24, 2.45) is 0 Å². The maximum absolute atomic E-state index is 13.2. The van der Waals surface area contributed by atoms with Crippen molar-refractivity contribution in [1.29, 1.82) is 0 Å². The average molecular weight is 457 g/mol. The predicted octanol–water partition coefficient (Wildman–Crippen LogP) is 3.43. The number of amides is 1. The van der Waals surface area contributed by atoms with E-state index in [-0.39, 0.29) is 22.4 Å². The summed E-state index contributed by atoms with van der Waals surface area (Å²) in [5, 5.41) is 3.06. The van der Waals surface area contributed by atoms with Crippen LogP contribution in [0.1, 0.15) is 13.8 Å². The van der Waals surface area contributed by atoms with Crippen LogP contribution in [0.25, 0.3) is 11.3 Å². The lowest BCUT2D eigenvalue weighted by molar-refractivity contribution is -0.141. The molecule has 1 aliphatic heterocycles. The molecule has 1 aromatic heterocycles. The lowest BCUT2D eigenvalue weighted by Gasteiger charge is -2.40. The van der Waals surface area contributed by atoms with Crippen molar-refractivity contribution in [1.82, 2.24) is 19.8 Å². The molecule has 0 radical (unpaired) electrons. The van der Waals surface area contributed by atoms with E-state index in [9.17, 15) is 18.0 Å². The second kappa shape index (κ2) is 10.1. The van der Waals surface area contributed by atoms with E-state index in [1.165, 1.54) is 6.20 Å². The smallest absolute Gasteiger partial charge is 0.379 e. The Kier molecular flexibility index (Phi) is 7.66. The molecule has 0 unspecified atom stereocenters. The van der Waals surface area contributed by atoms with Crippen LogP contribution in [0.3, 0.4) is 0 Å². The number of rotatable bonds is 8. The molecule has 0 bridgehead atoms. The standard InChI is InChI=1S/C21H27F3N4O2S/c1-20(2,27-8-10-30-11-9-27)14-26-18(29)13-31-19-25-12-17(16-6-4-3-5-7-16)28(19)15-21(22,23)24/h3-7,12H,8-11,13-15H2,1-2H3,(H,26,29). The highest BCUT2D eigenvalue weighted by Crippen LogP contribution is 2.30. The number of benzene rings is 1. The fourth-order valence-electron chi connectivity index (χ4n) is 3.42. The largest absolute Gasteiger partial charge is 0.406 e. The number of hydrogen-bond donors (Lipinski definition) is 1. The van der Waals surface area contributed by atoms with Crippen molar-refractivity contribution in [3.05, 3.63) is 36.5 Å². The van der Waals surface area contributed by atoms with E-state index in [0.717, 1.165) is 29.4 Å². The molecule has 0 aliphatic carbocycles. The molecule has 1 N–H and O–H groups in total.